The maximum atomic E-state index is 12.6. The molecule has 156 valence electrons. The summed E-state index contributed by atoms with van der Waals surface area (Å²) in [5, 5.41) is 21.2. The second-order valence-corrected chi connectivity index (χ2v) is 6.87. The highest BCUT2D eigenvalue weighted by molar-refractivity contribution is 6.10. The van der Waals surface area contributed by atoms with Gasteiger partial charge in [-0.25, -0.2) is 4.79 Å². The third kappa shape index (κ3) is 4.65. The van der Waals surface area contributed by atoms with Crippen LogP contribution < -0.4 is 10.1 Å². The van der Waals surface area contributed by atoms with Crippen LogP contribution >= 0.6 is 0 Å². The molecule has 3 rings (SSSR count). The van der Waals surface area contributed by atoms with E-state index in [9.17, 15) is 14.9 Å². The van der Waals surface area contributed by atoms with Gasteiger partial charge in [0.05, 0.1) is 12.7 Å². The van der Waals surface area contributed by atoms with Gasteiger partial charge in [-0.15, -0.1) is 0 Å². The van der Waals surface area contributed by atoms with Gasteiger partial charge in [0.2, 0.25) is 0 Å². The van der Waals surface area contributed by atoms with Gasteiger partial charge >= 0.3 is 5.97 Å². The zero-order valence-corrected chi connectivity index (χ0v) is 17.3. The van der Waals surface area contributed by atoms with E-state index in [1.165, 1.54) is 24.3 Å². The first-order chi connectivity index (χ1) is 14.8. The number of anilines is 1. The lowest BCUT2D eigenvalue weighted by Gasteiger charge is -2.10. The third-order valence-electron chi connectivity index (χ3n) is 4.83. The third-order valence-corrected chi connectivity index (χ3v) is 4.83. The van der Waals surface area contributed by atoms with E-state index in [2.05, 4.69) is 5.32 Å². The van der Waals surface area contributed by atoms with E-state index in [1.54, 1.807) is 13.2 Å². The Morgan fingerprint density at radius 1 is 1.13 bits per heavy atom. The lowest BCUT2D eigenvalue weighted by Crippen LogP contribution is -2.14. The highest BCUT2D eigenvalue weighted by Crippen LogP contribution is 2.24. The number of aromatic nitrogens is 1. The molecule has 0 aliphatic rings. The minimum Gasteiger partial charge on any atom is -0.497 e. The molecule has 0 aliphatic carbocycles. The molecule has 0 saturated carbocycles. The zero-order valence-electron chi connectivity index (χ0n) is 17.3. The monoisotopic (exact) mass is 415 g/mol. The summed E-state index contributed by atoms with van der Waals surface area (Å²) in [6, 6.07) is 17.3. The van der Waals surface area contributed by atoms with E-state index in [-0.39, 0.29) is 11.1 Å². The maximum Gasteiger partial charge on any atom is 0.335 e. The van der Waals surface area contributed by atoms with E-state index < -0.39 is 11.9 Å². The van der Waals surface area contributed by atoms with Crippen molar-refractivity contribution in [1.29, 1.82) is 5.26 Å². The fourth-order valence-corrected chi connectivity index (χ4v) is 3.29. The summed E-state index contributed by atoms with van der Waals surface area (Å²) in [5.74, 6) is -0.959. The molecule has 0 atom stereocenters. The summed E-state index contributed by atoms with van der Waals surface area (Å²) in [7, 11) is 1.61. The van der Waals surface area contributed by atoms with Gasteiger partial charge in [-0.3, -0.25) is 4.79 Å². The van der Waals surface area contributed by atoms with Gasteiger partial charge in [-0.2, -0.15) is 5.26 Å². The number of carboxylic acid groups (broad SMARTS) is 1. The molecule has 31 heavy (non-hydrogen) atoms. The fraction of sp³-hybridized carbons (Fsp3) is 0.125. The van der Waals surface area contributed by atoms with E-state index in [0.717, 1.165) is 28.4 Å². The molecule has 0 unspecified atom stereocenters. The molecule has 0 spiro atoms. The second-order valence-electron chi connectivity index (χ2n) is 6.87. The standard InChI is InChI=1S/C24H21N3O4/c1-15-11-18(16(2)27(15)21-7-9-22(31-3)10-8-21)12-19(14-25)23(28)26-20-6-4-5-17(13-20)24(29)30/h4-13H,1-3H3,(H,26,28)(H,29,30)/b19-12-. The normalized spacial score (nSPS) is 11.0. The lowest BCUT2D eigenvalue weighted by molar-refractivity contribution is -0.112. The van der Waals surface area contributed by atoms with Crippen LogP contribution in [0.15, 0.2) is 60.2 Å². The van der Waals surface area contributed by atoms with Gasteiger partial charge in [0.1, 0.15) is 17.4 Å². The van der Waals surface area contributed by atoms with Crippen LogP contribution in [0.2, 0.25) is 0 Å². The number of carboxylic acids is 1. The quantitative estimate of drug-likeness (QED) is 0.460. The van der Waals surface area contributed by atoms with Crippen LogP contribution in [0.4, 0.5) is 5.69 Å². The van der Waals surface area contributed by atoms with Crippen molar-refractivity contribution in [3.05, 3.63) is 82.7 Å². The van der Waals surface area contributed by atoms with Crippen molar-refractivity contribution in [2.24, 2.45) is 0 Å². The Morgan fingerprint density at radius 2 is 1.84 bits per heavy atom. The molecule has 7 heteroatoms. The topological polar surface area (TPSA) is 104 Å². The first kappa shape index (κ1) is 21.4. The molecule has 2 aromatic carbocycles. The highest BCUT2D eigenvalue weighted by Gasteiger charge is 2.15. The molecule has 7 nitrogen and oxygen atoms in total. The number of carbonyl (C=O) groups is 2. The van der Waals surface area contributed by atoms with Crippen LogP contribution in [-0.4, -0.2) is 28.7 Å². The number of rotatable bonds is 6. The molecule has 0 radical (unpaired) electrons. The van der Waals surface area contributed by atoms with E-state index >= 15 is 0 Å². The van der Waals surface area contributed by atoms with Crippen molar-refractivity contribution in [3.8, 4) is 17.5 Å². The van der Waals surface area contributed by atoms with Gasteiger partial charge in [0.15, 0.2) is 0 Å². The number of ether oxygens (including phenoxy) is 1. The average Bonchev–Trinajstić information content (AvgIpc) is 3.04. The molecular weight excluding hydrogens is 394 g/mol. The molecule has 2 N–H and O–H groups in total. The number of amides is 1. The molecular formula is C24H21N3O4. The zero-order chi connectivity index (χ0) is 22.5. The average molecular weight is 415 g/mol. The Labute approximate surface area is 179 Å². The number of hydrogen-bond acceptors (Lipinski definition) is 4. The summed E-state index contributed by atoms with van der Waals surface area (Å²) < 4.78 is 7.22. The van der Waals surface area contributed by atoms with Crippen LogP contribution in [0.1, 0.15) is 27.3 Å². The number of benzene rings is 2. The largest absolute Gasteiger partial charge is 0.497 e. The van der Waals surface area contributed by atoms with Crippen molar-refractivity contribution < 1.29 is 19.4 Å². The van der Waals surface area contributed by atoms with Crippen molar-refractivity contribution in [2.75, 3.05) is 12.4 Å². The fourth-order valence-electron chi connectivity index (χ4n) is 3.29. The smallest absolute Gasteiger partial charge is 0.335 e. The van der Waals surface area contributed by atoms with E-state index in [4.69, 9.17) is 9.84 Å². The summed E-state index contributed by atoms with van der Waals surface area (Å²) >= 11 is 0. The van der Waals surface area contributed by atoms with Crippen molar-refractivity contribution in [1.82, 2.24) is 4.57 Å². The molecule has 0 fully saturated rings. The van der Waals surface area contributed by atoms with Gasteiger partial charge < -0.3 is 19.7 Å². The number of aromatic carboxylic acids is 1. The SMILES string of the molecule is COc1ccc(-n2c(C)cc(/C=C(/C#N)C(=O)Nc3cccc(C(=O)O)c3)c2C)cc1. The van der Waals surface area contributed by atoms with Crippen LogP contribution in [-0.2, 0) is 4.79 Å². The van der Waals surface area contributed by atoms with Gasteiger partial charge in [-0.05, 0) is 74.0 Å². The minimum absolute atomic E-state index is 0.0447. The van der Waals surface area contributed by atoms with Crippen molar-refractivity contribution in [3.63, 3.8) is 0 Å². The number of nitrogens with zero attached hydrogens (tertiary/aromatic N) is 2. The van der Waals surface area contributed by atoms with Crippen LogP contribution in [0.5, 0.6) is 5.75 Å². The molecule has 0 bridgehead atoms. The summed E-state index contributed by atoms with van der Waals surface area (Å²) in [6.07, 6.45) is 1.53. The maximum absolute atomic E-state index is 12.6. The van der Waals surface area contributed by atoms with Crippen LogP contribution in [0, 0.1) is 25.2 Å². The van der Waals surface area contributed by atoms with E-state index in [0.29, 0.717) is 5.69 Å². The summed E-state index contributed by atoms with van der Waals surface area (Å²) in [4.78, 5) is 23.7. The van der Waals surface area contributed by atoms with Crippen LogP contribution in [0.3, 0.4) is 0 Å². The first-order valence-electron chi connectivity index (χ1n) is 9.44. The Balaban J connectivity index is 1.90. The Kier molecular flexibility index (Phi) is 6.22. The molecule has 1 amide bonds. The predicted molar refractivity (Wildman–Crippen MR) is 117 cm³/mol. The Bertz CT molecular complexity index is 1210. The minimum atomic E-state index is -1.10. The number of carbonyl (C=O) groups excluding carboxylic acids is 1. The number of methoxy groups -OCH3 is 1. The number of aryl methyl sites for hydroxylation is 1. The number of nitrogens with one attached hydrogen (secondary N) is 1. The molecule has 0 saturated heterocycles. The van der Waals surface area contributed by atoms with Gasteiger partial charge in [0.25, 0.3) is 5.91 Å². The molecule has 1 aromatic heterocycles. The summed E-state index contributed by atoms with van der Waals surface area (Å²) in [5.41, 5.74) is 3.74. The highest BCUT2D eigenvalue weighted by atomic mass is 16.5. The molecule has 3 aromatic rings. The Hall–Kier alpha value is -4.31. The lowest BCUT2D eigenvalue weighted by atomic mass is 10.1. The second kappa shape index (κ2) is 9.01. The molecule has 1 heterocycles. The number of hydrogen-bond donors (Lipinski definition) is 2. The summed E-state index contributed by atoms with van der Waals surface area (Å²) in [6.45, 7) is 3.85. The predicted octanol–water partition coefficient (Wildman–Crippen LogP) is 4.35. The molecule has 0 aliphatic heterocycles. The Morgan fingerprint density at radius 3 is 2.45 bits per heavy atom. The van der Waals surface area contributed by atoms with Crippen molar-refractivity contribution >= 4 is 23.6 Å². The first-order valence-corrected chi connectivity index (χ1v) is 9.44. The van der Waals surface area contributed by atoms with Crippen LogP contribution in [0.25, 0.3) is 11.8 Å². The van der Waals surface area contributed by atoms with Gasteiger partial charge in [0, 0.05) is 22.8 Å². The van der Waals surface area contributed by atoms with E-state index in [1.807, 2.05) is 54.8 Å². The number of nitriles is 1. The van der Waals surface area contributed by atoms with Crippen molar-refractivity contribution in [2.45, 2.75) is 13.8 Å². The van der Waals surface area contributed by atoms with Gasteiger partial charge in [-0.1, -0.05) is 6.07 Å².